The second-order valence-corrected chi connectivity index (χ2v) is 3.92. The molecule has 0 saturated carbocycles. The molecule has 0 unspecified atom stereocenters. The number of rotatable bonds is 3. The summed E-state index contributed by atoms with van der Waals surface area (Å²) in [5, 5.41) is 11.9. The fraction of sp³-hybridized carbons (Fsp3) is 0.875. The van der Waals surface area contributed by atoms with E-state index in [-0.39, 0.29) is 0 Å². The number of hydrogen-bond donors (Lipinski definition) is 2. The average Bonchev–Trinajstić information content (AvgIpc) is 1.79. The highest BCUT2D eigenvalue weighted by atomic mass is 16.4. The minimum atomic E-state index is -0.690. The number of nitrogens with one attached hydrogen (secondary N) is 1. The molecular formula is C8H15NO2. The molecule has 1 fully saturated rings. The second kappa shape index (κ2) is 2.81. The predicted octanol–water partition coefficient (Wildman–Crippen LogP) is 0.707. The highest BCUT2D eigenvalue weighted by Gasteiger charge is 2.32. The van der Waals surface area contributed by atoms with Crippen LogP contribution < -0.4 is 5.32 Å². The van der Waals surface area contributed by atoms with Crippen molar-refractivity contribution >= 4 is 5.97 Å². The topological polar surface area (TPSA) is 49.3 Å². The quantitative estimate of drug-likeness (QED) is 0.634. The van der Waals surface area contributed by atoms with Gasteiger partial charge in [-0.3, -0.25) is 4.79 Å². The molecule has 3 nitrogen and oxygen atoms in total. The van der Waals surface area contributed by atoms with E-state index in [9.17, 15) is 4.79 Å². The Kier molecular flexibility index (Phi) is 2.18. The monoisotopic (exact) mass is 157 g/mol. The van der Waals surface area contributed by atoms with Crippen LogP contribution in [0.5, 0.6) is 0 Å². The van der Waals surface area contributed by atoms with Crippen LogP contribution >= 0.6 is 0 Å². The smallest absolute Gasteiger partial charge is 0.309 e. The van der Waals surface area contributed by atoms with Crippen molar-refractivity contribution in [2.75, 3.05) is 13.1 Å². The summed E-state index contributed by atoms with van der Waals surface area (Å²) in [6.07, 6.45) is 0.787. The summed E-state index contributed by atoms with van der Waals surface area (Å²) in [7, 11) is 0. The van der Waals surface area contributed by atoms with Crippen molar-refractivity contribution in [2.45, 2.75) is 20.3 Å². The molecule has 1 aliphatic heterocycles. The summed E-state index contributed by atoms with van der Waals surface area (Å²) < 4.78 is 0. The van der Waals surface area contributed by atoms with Crippen LogP contribution in [0.1, 0.15) is 20.3 Å². The van der Waals surface area contributed by atoms with E-state index in [4.69, 9.17) is 5.11 Å². The molecule has 2 N–H and O–H groups in total. The lowest BCUT2D eigenvalue weighted by Crippen LogP contribution is -2.45. The standard InChI is InChI=1S/C8H15NO2/c1-8(2,7(10)11)3-6-4-9-5-6/h6,9H,3-5H2,1-2H3,(H,10,11). The summed E-state index contributed by atoms with van der Waals surface area (Å²) in [6.45, 7) is 5.54. The minimum absolute atomic E-state index is 0.549. The first-order valence-electron chi connectivity index (χ1n) is 3.96. The van der Waals surface area contributed by atoms with Crippen LogP contribution in [-0.2, 0) is 4.79 Å². The van der Waals surface area contributed by atoms with Crippen molar-refractivity contribution in [3.63, 3.8) is 0 Å². The molecule has 0 bridgehead atoms. The molecule has 3 heteroatoms. The minimum Gasteiger partial charge on any atom is -0.481 e. The molecule has 11 heavy (non-hydrogen) atoms. The Labute approximate surface area is 66.8 Å². The third kappa shape index (κ3) is 1.93. The van der Waals surface area contributed by atoms with E-state index in [1.54, 1.807) is 13.8 Å². The van der Waals surface area contributed by atoms with E-state index in [0.717, 1.165) is 19.5 Å². The van der Waals surface area contributed by atoms with Gasteiger partial charge in [-0.25, -0.2) is 0 Å². The number of hydrogen-bond acceptors (Lipinski definition) is 2. The van der Waals surface area contributed by atoms with Gasteiger partial charge in [0.15, 0.2) is 0 Å². The van der Waals surface area contributed by atoms with Gasteiger partial charge < -0.3 is 10.4 Å². The first-order valence-corrected chi connectivity index (χ1v) is 3.96. The molecule has 0 amide bonds. The number of carboxylic acids is 1. The zero-order valence-electron chi connectivity index (χ0n) is 7.05. The predicted molar refractivity (Wildman–Crippen MR) is 42.4 cm³/mol. The lowest BCUT2D eigenvalue weighted by Gasteiger charge is -2.32. The Morgan fingerprint density at radius 3 is 2.45 bits per heavy atom. The van der Waals surface area contributed by atoms with Gasteiger partial charge in [-0.1, -0.05) is 0 Å². The number of carboxylic acid groups (broad SMARTS) is 1. The fourth-order valence-corrected chi connectivity index (χ4v) is 1.30. The van der Waals surface area contributed by atoms with Gasteiger partial charge in [0.2, 0.25) is 0 Å². The van der Waals surface area contributed by atoms with Crippen LogP contribution in [0.2, 0.25) is 0 Å². The molecule has 64 valence electrons. The zero-order chi connectivity index (χ0) is 8.48. The molecule has 0 aromatic carbocycles. The molecule has 0 atom stereocenters. The van der Waals surface area contributed by atoms with E-state index in [0.29, 0.717) is 5.92 Å². The molecule has 0 aliphatic carbocycles. The summed E-state index contributed by atoms with van der Waals surface area (Å²) in [5.41, 5.74) is -0.549. The normalized spacial score (nSPS) is 19.5. The van der Waals surface area contributed by atoms with E-state index < -0.39 is 11.4 Å². The first kappa shape index (κ1) is 8.53. The van der Waals surface area contributed by atoms with Crippen molar-refractivity contribution in [2.24, 2.45) is 11.3 Å². The molecule has 1 aliphatic rings. The van der Waals surface area contributed by atoms with Crippen LogP contribution in [-0.4, -0.2) is 24.2 Å². The van der Waals surface area contributed by atoms with Crippen molar-refractivity contribution in [1.29, 1.82) is 0 Å². The number of aliphatic carboxylic acids is 1. The van der Waals surface area contributed by atoms with Crippen molar-refractivity contribution in [3.05, 3.63) is 0 Å². The van der Waals surface area contributed by atoms with Gasteiger partial charge in [0.05, 0.1) is 5.41 Å². The van der Waals surface area contributed by atoms with E-state index >= 15 is 0 Å². The molecule has 0 aromatic rings. The van der Waals surface area contributed by atoms with Gasteiger partial charge in [0.1, 0.15) is 0 Å². The summed E-state index contributed by atoms with van der Waals surface area (Å²) in [5.74, 6) is -0.120. The van der Waals surface area contributed by atoms with Crippen LogP contribution in [0.15, 0.2) is 0 Å². The van der Waals surface area contributed by atoms with E-state index in [1.807, 2.05) is 0 Å². The third-order valence-corrected chi connectivity index (χ3v) is 2.24. The Morgan fingerprint density at radius 2 is 2.18 bits per heavy atom. The lowest BCUT2D eigenvalue weighted by atomic mass is 9.80. The Bertz CT molecular complexity index is 161. The van der Waals surface area contributed by atoms with Gasteiger partial charge >= 0.3 is 5.97 Å². The molecule has 0 radical (unpaired) electrons. The second-order valence-electron chi connectivity index (χ2n) is 3.92. The molecule has 1 heterocycles. The Balaban J connectivity index is 2.38. The summed E-state index contributed by atoms with van der Waals surface area (Å²) in [6, 6.07) is 0. The van der Waals surface area contributed by atoms with Gasteiger partial charge in [0, 0.05) is 0 Å². The van der Waals surface area contributed by atoms with Crippen LogP contribution in [0, 0.1) is 11.3 Å². The Hall–Kier alpha value is -0.570. The first-order chi connectivity index (χ1) is 5.02. The van der Waals surface area contributed by atoms with Crippen molar-refractivity contribution in [3.8, 4) is 0 Å². The van der Waals surface area contributed by atoms with Gasteiger partial charge in [-0.2, -0.15) is 0 Å². The lowest BCUT2D eigenvalue weighted by molar-refractivity contribution is -0.148. The molecule has 1 rings (SSSR count). The SMILES string of the molecule is CC(C)(CC1CNC1)C(=O)O. The van der Waals surface area contributed by atoms with Gasteiger partial charge in [-0.05, 0) is 39.3 Å². The number of carbonyl (C=O) groups is 1. The van der Waals surface area contributed by atoms with Crippen LogP contribution in [0.4, 0.5) is 0 Å². The summed E-state index contributed by atoms with van der Waals surface area (Å²) in [4.78, 5) is 10.7. The van der Waals surface area contributed by atoms with Gasteiger partial charge in [-0.15, -0.1) is 0 Å². The van der Waals surface area contributed by atoms with Crippen molar-refractivity contribution < 1.29 is 9.90 Å². The summed E-state index contributed by atoms with van der Waals surface area (Å²) >= 11 is 0. The average molecular weight is 157 g/mol. The Morgan fingerprint density at radius 1 is 1.64 bits per heavy atom. The highest BCUT2D eigenvalue weighted by Crippen LogP contribution is 2.27. The highest BCUT2D eigenvalue weighted by molar-refractivity contribution is 5.73. The zero-order valence-corrected chi connectivity index (χ0v) is 7.05. The molecular weight excluding hydrogens is 142 g/mol. The van der Waals surface area contributed by atoms with Crippen LogP contribution in [0.25, 0.3) is 0 Å². The molecule has 1 saturated heterocycles. The largest absolute Gasteiger partial charge is 0.481 e. The van der Waals surface area contributed by atoms with Gasteiger partial charge in [0.25, 0.3) is 0 Å². The van der Waals surface area contributed by atoms with E-state index in [2.05, 4.69) is 5.32 Å². The third-order valence-electron chi connectivity index (χ3n) is 2.24. The van der Waals surface area contributed by atoms with Crippen LogP contribution in [0.3, 0.4) is 0 Å². The van der Waals surface area contributed by atoms with Crippen molar-refractivity contribution in [1.82, 2.24) is 5.32 Å². The van der Waals surface area contributed by atoms with E-state index in [1.165, 1.54) is 0 Å². The maximum absolute atomic E-state index is 10.7. The fourth-order valence-electron chi connectivity index (χ4n) is 1.30. The molecule has 0 aromatic heterocycles. The maximum atomic E-state index is 10.7. The maximum Gasteiger partial charge on any atom is 0.309 e. The molecule has 0 spiro atoms.